The molecule has 4 nitrogen and oxygen atoms in total. The molecule has 1 atom stereocenters. The molecule has 28 heavy (non-hydrogen) atoms. The standard InChI is InChI=1S/C22H28BrNO3Si/c1-22(2,3)28(4,5)25-15-20(17-12-10-16(14-23)11-13-17)27-21-24-18-8-6-7-9-19(18)26-21/h6-13,20H,14-15H2,1-5H3. The lowest BCUT2D eigenvalue weighted by Gasteiger charge is -2.37. The maximum absolute atomic E-state index is 6.45. The summed E-state index contributed by atoms with van der Waals surface area (Å²) in [7, 11) is -1.91. The minimum atomic E-state index is -1.91. The highest BCUT2D eigenvalue weighted by atomic mass is 79.9. The maximum atomic E-state index is 6.45. The van der Waals surface area contributed by atoms with Gasteiger partial charge in [0.25, 0.3) is 0 Å². The van der Waals surface area contributed by atoms with Crippen molar-refractivity contribution in [2.24, 2.45) is 0 Å². The van der Waals surface area contributed by atoms with Crippen LogP contribution >= 0.6 is 15.9 Å². The number of ether oxygens (including phenoxy) is 1. The summed E-state index contributed by atoms with van der Waals surface area (Å²) in [6.07, 6.45) is -0.0128. The van der Waals surface area contributed by atoms with Crippen LogP contribution in [0.15, 0.2) is 52.9 Å². The van der Waals surface area contributed by atoms with Crippen LogP contribution in [0.2, 0.25) is 18.1 Å². The van der Waals surface area contributed by atoms with Crippen molar-refractivity contribution < 1.29 is 13.6 Å². The molecule has 2 aromatic carbocycles. The third-order valence-corrected chi connectivity index (χ3v) is 10.6. The summed E-state index contributed by atoms with van der Waals surface area (Å²) in [5.41, 5.74) is 3.77. The highest BCUT2D eigenvalue weighted by Crippen LogP contribution is 2.37. The van der Waals surface area contributed by atoms with Crippen molar-refractivity contribution in [1.29, 1.82) is 0 Å². The normalized spacial score (nSPS) is 13.6. The number of oxazole rings is 1. The van der Waals surface area contributed by atoms with Crippen LogP contribution in [0, 0.1) is 0 Å². The van der Waals surface area contributed by atoms with Gasteiger partial charge in [-0.2, -0.15) is 4.98 Å². The molecule has 0 aliphatic heterocycles. The molecule has 0 spiro atoms. The Labute approximate surface area is 176 Å². The molecule has 0 bridgehead atoms. The van der Waals surface area contributed by atoms with E-state index in [9.17, 15) is 0 Å². The van der Waals surface area contributed by atoms with Crippen molar-refractivity contribution in [3.8, 4) is 6.08 Å². The van der Waals surface area contributed by atoms with E-state index in [1.54, 1.807) is 0 Å². The van der Waals surface area contributed by atoms with E-state index in [-0.39, 0.29) is 17.2 Å². The van der Waals surface area contributed by atoms with Crippen molar-refractivity contribution in [1.82, 2.24) is 4.98 Å². The van der Waals surface area contributed by atoms with Gasteiger partial charge in [0.15, 0.2) is 20.0 Å². The van der Waals surface area contributed by atoms with Gasteiger partial charge in [-0.05, 0) is 41.4 Å². The van der Waals surface area contributed by atoms with E-state index in [0.717, 1.165) is 22.0 Å². The lowest BCUT2D eigenvalue weighted by Crippen LogP contribution is -2.42. The number of aromatic nitrogens is 1. The van der Waals surface area contributed by atoms with Crippen LogP contribution in [0.3, 0.4) is 0 Å². The first kappa shape index (κ1) is 21.1. The van der Waals surface area contributed by atoms with Crippen LogP contribution in [-0.4, -0.2) is 19.9 Å². The molecule has 0 fully saturated rings. The van der Waals surface area contributed by atoms with Crippen molar-refractivity contribution >= 4 is 35.3 Å². The molecule has 150 valence electrons. The monoisotopic (exact) mass is 461 g/mol. The zero-order valence-corrected chi connectivity index (χ0v) is 19.7. The number of rotatable bonds is 7. The molecule has 3 aromatic rings. The first-order chi connectivity index (χ1) is 13.2. The van der Waals surface area contributed by atoms with Gasteiger partial charge in [-0.25, -0.2) is 0 Å². The molecule has 0 N–H and O–H groups in total. The average molecular weight is 462 g/mol. The quantitative estimate of drug-likeness (QED) is 0.284. The Morgan fingerprint density at radius 2 is 1.75 bits per heavy atom. The van der Waals surface area contributed by atoms with E-state index in [2.05, 4.69) is 79.0 Å². The number of para-hydroxylation sites is 2. The minimum Gasteiger partial charge on any atom is -0.440 e. The number of benzene rings is 2. The van der Waals surface area contributed by atoms with E-state index in [4.69, 9.17) is 13.6 Å². The fourth-order valence-corrected chi connectivity index (χ4v) is 3.92. The summed E-state index contributed by atoms with van der Waals surface area (Å²) >= 11 is 3.50. The molecule has 0 amide bonds. The molecule has 0 radical (unpaired) electrons. The van der Waals surface area contributed by atoms with Crippen molar-refractivity contribution in [3.63, 3.8) is 0 Å². The van der Waals surface area contributed by atoms with Gasteiger partial charge in [-0.3, -0.25) is 0 Å². The van der Waals surface area contributed by atoms with E-state index in [0.29, 0.717) is 6.61 Å². The van der Waals surface area contributed by atoms with E-state index in [1.807, 2.05) is 24.3 Å². The van der Waals surface area contributed by atoms with E-state index in [1.165, 1.54) is 5.56 Å². The number of nitrogens with zero attached hydrogens (tertiary/aromatic N) is 1. The molecule has 1 aromatic heterocycles. The fraction of sp³-hybridized carbons (Fsp3) is 0.409. The second-order valence-corrected chi connectivity index (χ2v) is 13.9. The number of hydrogen-bond donors (Lipinski definition) is 0. The van der Waals surface area contributed by atoms with Gasteiger partial charge in [0.05, 0.1) is 6.61 Å². The summed E-state index contributed by atoms with van der Waals surface area (Å²) in [5, 5.41) is 0.958. The van der Waals surface area contributed by atoms with Crippen LogP contribution in [0.1, 0.15) is 38.0 Å². The lowest BCUT2D eigenvalue weighted by atomic mass is 10.1. The second-order valence-electron chi connectivity index (χ2n) is 8.50. The highest BCUT2D eigenvalue weighted by molar-refractivity contribution is 9.08. The molecule has 1 heterocycles. The second kappa shape index (κ2) is 8.39. The average Bonchev–Trinajstić information content (AvgIpc) is 3.07. The molecule has 3 rings (SSSR count). The van der Waals surface area contributed by atoms with Gasteiger partial charge < -0.3 is 13.6 Å². The van der Waals surface area contributed by atoms with Crippen molar-refractivity contribution in [2.75, 3.05) is 6.61 Å². The highest BCUT2D eigenvalue weighted by Gasteiger charge is 2.38. The fourth-order valence-electron chi connectivity index (χ4n) is 2.54. The SMILES string of the molecule is CC(C)(C)[Si](C)(C)OCC(Oc1nc2ccccc2o1)c1ccc(CBr)cc1. The number of alkyl halides is 1. The summed E-state index contributed by atoms with van der Waals surface area (Å²) < 4.78 is 18.4. The van der Waals surface area contributed by atoms with Crippen LogP contribution < -0.4 is 4.74 Å². The predicted molar refractivity (Wildman–Crippen MR) is 120 cm³/mol. The third-order valence-electron chi connectivity index (χ3n) is 5.42. The Morgan fingerprint density at radius 3 is 2.36 bits per heavy atom. The van der Waals surface area contributed by atoms with Gasteiger partial charge in [-0.15, -0.1) is 0 Å². The smallest absolute Gasteiger partial charge is 0.395 e. The zero-order chi connectivity index (χ0) is 20.4. The largest absolute Gasteiger partial charge is 0.440 e. The van der Waals surface area contributed by atoms with Crippen LogP contribution in [0.5, 0.6) is 6.08 Å². The van der Waals surface area contributed by atoms with Crippen LogP contribution in [-0.2, 0) is 9.76 Å². The first-order valence-electron chi connectivity index (χ1n) is 9.50. The van der Waals surface area contributed by atoms with Gasteiger partial charge in [0, 0.05) is 5.33 Å². The molecule has 0 aliphatic carbocycles. The molecular weight excluding hydrogens is 434 g/mol. The van der Waals surface area contributed by atoms with Gasteiger partial charge >= 0.3 is 6.08 Å². The Bertz CT molecular complexity index is 882. The summed E-state index contributed by atoms with van der Waals surface area (Å²) in [6, 6.07) is 16.0. The van der Waals surface area contributed by atoms with Gasteiger partial charge in [0.1, 0.15) is 5.52 Å². The Balaban J connectivity index is 1.84. The van der Waals surface area contributed by atoms with Gasteiger partial charge in [-0.1, -0.05) is 73.1 Å². The Hall–Kier alpha value is -1.63. The number of hydrogen-bond acceptors (Lipinski definition) is 4. The van der Waals surface area contributed by atoms with E-state index < -0.39 is 8.32 Å². The molecule has 0 aliphatic rings. The summed E-state index contributed by atoms with van der Waals surface area (Å²) in [4.78, 5) is 4.46. The molecule has 0 saturated carbocycles. The van der Waals surface area contributed by atoms with Crippen LogP contribution in [0.4, 0.5) is 0 Å². The van der Waals surface area contributed by atoms with Gasteiger partial charge in [0.2, 0.25) is 0 Å². The summed E-state index contributed by atoms with van der Waals surface area (Å²) in [5.74, 6) is 0. The van der Waals surface area contributed by atoms with Crippen LogP contribution in [0.25, 0.3) is 11.1 Å². The maximum Gasteiger partial charge on any atom is 0.395 e. The van der Waals surface area contributed by atoms with Crippen molar-refractivity contribution in [2.45, 2.75) is 50.3 Å². The summed E-state index contributed by atoms with van der Waals surface area (Å²) in [6.45, 7) is 11.7. The third kappa shape index (κ3) is 4.85. The number of halogens is 1. The molecule has 0 saturated heterocycles. The Morgan fingerprint density at radius 1 is 1.07 bits per heavy atom. The lowest BCUT2D eigenvalue weighted by molar-refractivity contribution is 0.0917. The predicted octanol–water partition coefficient (Wildman–Crippen LogP) is 6.86. The molecule has 1 unspecified atom stereocenters. The topological polar surface area (TPSA) is 44.5 Å². The van der Waals surface area contributed by atoms with E-state index >= 15 is 0 Å². The molecular formula is C22H28BrNO3Si. The number of fused-ring (bicyclic) bond motifs is 1. The Kier molecular flexibility index (Phi) is 6.32. The van der Waals surface area contributed by atoms with Crippen molar-refractivity contribution in [3.05, 3.63) is 59.7 Å². The molecule has 6 heteroatoms. The minimum absolute atomic E-state index is 0.134. The first-order valence-corrected chi connectivity index (χ1v) is 13.5. The zero-order valence-electron chi connectivity index (χ0n) is 17.2.